The van der Waals surface area contributed by atoms with Crippen LogP contribution < -0.4 is 0 Å². The van der Waals surface area contributed by atoms with Gasteiger partial charge in [-0.25, -0.2) is 4.98 Å². The minimum Gasteiger partial charge on any atom is -0.329 e. The van der Waals surface area contributed by atoms with E-state index >= 15 is 0 Å². The molecule has 0 spiro atoms. The van der Waals surface area contributed by atoms with Crippen molar-refractivity contribution in [1.29, 1.82) is 0 Å². The molecule has 2 aromatic rings. The van der Waals surface area contributed by atoms with Gasteiger partial charge in [0, 0.05) is 28.8 Å². The fourth-order valence-corrected chi connectivity index (χ4v) is 3.05. The van der Waals surface area contributed by atoms with Crippen LogP contribution >= 0.6 is 15.9 Å². The van der Waals surface area contributed by atoms with Crippen LogP contribution in [0.25, 0.3) is 0 Å². The fraction of sp³-hybridized carbons (Fsp3) is 0.400. The lowest BCUT2D eigenvalue weighted by Crippen LogP contribution is -2.17. The maximum absolute atomic E-state index is 4.62. The first-order chi connectivity index (χ1) is 8.74. The zero-order chi connectivity index (χ0) is 12.5. The predicted octanol–water partition coefficient (Wildman–Crippen LogP) is 4.13. The lowest BCUT2D eigenvalue weighted by atomic mass is 10.0. The molecule has 18 heavy (non-hydrogen) atoms. The first kappa shape index (κ1) is 12.0. The third kappa shape index (κ3) is 2.24. The number of imidazole rings is 1. The van der Waals surface area contributed by atoms with E-state index in [2.05, 4.69) is 62.9 Å². The van der Waals surface area contributed by atoms with Crippen molar-refractivity contribution in [3.8, 4) is 0 Å². The molecule has 0 fully saturated rings. The summed E-state index contributed by atoms with van der Waals surface area (Å²) in [5.41, 5.74) is 2.73. The molecule has 0 radical (unpaired) electrons. The Morgan fingerprint density at radius 3 is 2.89 bits per heavy atom. The summed E-state index contributed by atoms with van der Waals surface area (Å²) in [6, 6.07) is 9.12. The van der Waals surface area contributed by atoms with Crippen molar-refractivity contribution < 1.29 is 0 Å². The summed E-state index contributed by atoms with van der Waals surface area (Å²) in [7, 11) is 0. The quantitative estimate of drug-likeness (QED) is 0.815. The van der Waals surface area contributed by atoms with Gasteiger partial charge in [-0.2, -0.15) is 0 Å². The van der Waals surface area contributed by atoms with Crippen LogP contribution in [0.1, 0.15) is 42.9 Å². The van der Waals surface area contributed by atoms with E-state index in [1.54, 1.807) is 0 Å². The molecule has 3 heteroatoms. The van der Waals surface area contributed by atoms with Crippen molar-refractivity contribution in [2.75, 3.05) is 0 Å². The molecule has 1 aliphatic rings. The van der Waals surface area contributed by atoms with Crippen LogP contribution in [-0.4, -0.2) is 9.55 Å². The van der Waals surface area contributed by atoms with Gasteiger partial charge in [-0.1, -0.05) is 28.1 Å². The third-order valence-corrected chi connectivity index (χ3v) is 4.25. The molecule has 2 heterocycles. The Balaban J connectivity index is 1.89. The molecule has 0 bridgehead atoms. The summed E-state index contributed by atoms with van der Waals surface area (Å²) < 4.78 is 3.57. The SMILES string of the molecule is CC1CCCc2cnc(Cc3ccc(Br)cc3)n21. The van der Waals surface area contributed by atoms with Crippen molar-refractivity contribution >= 4 is 15.9 Å². The van der Waals surface area contributed by atoms with Gasteiger partial charge in [-0.05, 0) is 43.9 Å². The molecule has 0 amide bonds. The molecule has 1 aliphatic heterocycles. The topological polar surface area (TPSA) is 17.8 Å². The van der Waals surface area contributed by atoms with Crippen LogP contribution in [0.15, 0.2) is 34.9 Å². The number of halogens is 1. The smallest absolute Gasteiger partial charge is 0.113 e. The van der Waals surface area contributed by atoms with E-state index in [0.29, 0.717) is 6.04 Å². The Labute approximate surface area is 116 Å². The normalized spacial score (nSPS) is 18.7. The fourth-order valence-electron chi connectivity index (χ4n) is 2.79. The summed E-state index contributed by atoms with van der Waals surface area (Å²) in [5.74, 6) is 1.21. The summed E-state index contributed by atoms with van der Waals surface area (Å²) in [4.78, 5) is 4.62. The molecular formula is C15H17BrN2. The van der Waals surface area contributed by atoms with Gasteiger partial charge in [0.2, 0.25) is 0 Å². The highest BCUT2D eigenvalue weighted by Gasteiger charge is 2.19. The zero-order valence-corrected chi connectivity index (χ0v) is 12.2. The summed E-state index contributed by atoms with van der Waals surface area (Å²) in [6.07, 6.45) is 6.74. The number of benzene rings is 1. The molecule has 2 nitrogen and oxygen atoms in total. The molecule has 1 aromatic heterocycles. The van der Waals surface area contributed by atoms with Crippen LogP contribution in [0.3, 0.4) is 0 Å². The van der Waals surface area contributed by atoms with Gasteiger partial charge < -0.3 is 4.57 Å². The number of hydrogen-bond donors (Lipinski definition) is 0. The number of rotatable bonds is 2. The van der Waals surface area contributed by atoms with Gasteiger partial charge in [-0.3, -0.25) is 0 Å². The maximum atomic E-state index is 4.62. The second-order valence-electron chi connectivity index (χ2n) is 5.08. The molecule has 0 aliphatic carbocycles. The molecule has 0 saturated heterocycles. The highest BCUT2D eigenvalue weighted by molar-refractivity contribution is 9.10. The van der Waals surface area contributed by atoms with Crippen molar-refractivity contribution in [2.45, 2.75) is 38.6 Å². The van der Waals surface area contributed by atoms with Crippen molar-refractivity contribution in [3.05, 3.63) is 52.0 Å². The highest BCUT2D eigenvalue weighted by Crippen LogP contribution is 2.27. The van der Waals surface area contributed by atoms with Crippen LogP contribution in [-0.2, 0) is 12.8 Å². The average molecular weight is 305 g/mol. The van der Waals surface area contributed by atoms with Gasteiger partial charge >= 0.3 is 0 Å². The van der Waals surface area contributed by atoms with Gasteiger partial charge in [0.15, 0.2) is 0 Å². The first-order valence-corrected chi connectivity index (χ1v) is 7.33. The minimum atomic E-state index is 0.599. The Morgan fingerprint density at radius 1 is 1.33 bits per heavy atom. The average Bonchev–Trinajstić information content (AvgIpc) is 2.77. The monoisotopic (exact) mass is 304 g/mol. The lowest BCUT2D eigenvalue weighted by Gasteiger charge is -2.24. The molecular weight excluding hydrogens is 288 g/mol. The van der Waals surface area contributed by atoms with Gasteiger partial charge in [0.1, 0.15) is 5.82 Å². The third-order valence-electron chi connectivity index (χ3n) is 3.72. The van der Waals surface area contributed by atoms with Crippen LogP contribution in [0.4, 0.5) is 0 Å². The van der Waals surface area contributed by atoms with Crippen LogP contribution in [0, 0.1) is 0 Å². The number of aryl methyl sites for hydroxylation is 1. The number of hydrogen-bond acceptors (Lipinski definition) is 1. The van der Waals surface area contributed by atoms with Gasteiger partial charge in [0.25, 0.3) is 0 Å². The zero-order valence-electron chi connectivity index (χ0n) is 10.6. The highest BCUT2D eigenvalue weighted by atomic mass is 79.9. The van der Waals surface area contributed by atoms with Gasteiger partial charge in [0.05, 0.1) is 0 Å². The largest absolute Gasteiger partial charge is 0.329 e. The number of aromatic nitrogens is 2. The first-order valence-electron chi connectivity index (χ1n) is 6.53. The predicted molar refractivity (Wildman–Crippen MR) is 76.8 cm³/mol. The van der Waals surface area contributed by atoms with Gasteiger partial charge in [-0.15, -0.1) is 0 Å². The van der Waals surface area contributed by atoms with E-state index in [-0.39, 0.29) is 0 Å². The second-order valence-corrected chi connectivity index (χ2v) is 6.00. The molecule has 0 saturated carbocycles. The Bertz CT molecular complexity index is 542. The Kier molecular flexibility index (Phi) is 3.25. The van der Waals surface area contributed by atoms with Crippen LogP contribution in [0.2, 0.25) is 0 Å². The molecule has 1 aromatic carbocycles. The number of fused-ring (bicyclic) bond motifs is 1. The van der Waals surface area contributed by atoms with E-state index in [0.717, 1.165) is 10.9 Å². The van der Waals surface area contributed by atoms with E-state index in [1.165, 1.54) is 36.3 Å². The van der Waals surface area contributed by atoms with Crippen molar-refractivity contribution in [1.82, 2.24) is 9.55 Å². The van der Waals surface area contributed by atoms with Crippen molar-refractivity contribution in [3.63, 3.8) is 0 Å². The van der Waals surface area contributed by atoms with Crippen molar-refractivity contribution in [2.24, 2.45) is 0 Å². The Hall–Kier alpha value is -1.09. The molecule has 94 valence electrons. The number of nitrogens with zero attached hydrogens (tertiary/aromatic N) is 2. The molecule has 0 N–H and O–H groups in total. The lowest BCUT2D eigenvalue weighted by molar-refractivity contribution is 0.421. The minimum absolute atomic E-state index is 0.599. The maximum Gasteiger partial charge on any atom is 0.113 e. The molecule has 3 rings (SSSR count). The summed E-state index contributed by atoms with van der Waals surface area (Å²) in [6.45, 7) is 2.30. The van der Waals surface area contributed by atoms with E-state index in [4.69, 9.17) is 0 Å². The molecule has 1 atom stereocenters. The second kappa shape index (κ2) is 4.88. The van der Waals surface area contributed by atoms with E-state index < -0.39 is 0 Å². The Morgan fingerprint density at radius 2 is 2.11 bits per heavy atom. The van der Waals surface area contributed by atoms with E-state index in [9.17, 15) is 0 Å². The molecule has 1 unspecified atom stereocenters. The summed E-state index contributed by atoms with van der Waals surface area (Å²) >= 11 is 3.47. The summed E-state index contributed by atoms with van der Waals surface area (Å²) in [5, 5.41) is 0. The standard InChI is InChI=1S/C15H17BrN2/c1-11-3-2-4-14-10-17-15(18(11)14)9-12-5-7-13(16)8-6-12/h5-8,10-11H,2-4,9H2,1H3. The van der Waals surface area contributed by atoms with E-state index in [1.807, 2.05) is 0 Å². The van der Waals surface area contributed by atoms with Crippen LogP contribution in [0.5, 0.6) is 0 Å².